The first-order chi connectivity index (χ1) is 26.4. The highest BCUT2D eigenvalue weighted by Gasteiger charge is 2.18. The van der Waals surface area contributed by atoms with Gasteiger partial charge in [-0.15, -0.1) is 0 Å². The van der Waals surface area contributed by atoms with Crippen molar-refractivity contribution in [1.29, 1.82) is 0 Å². The Morgan fingerprint density at radius 1 is 0.222 bits per heavy atom. The van der Waals surface area contributed by atoms with Crippen LogP contribution >= 0.6 is 0 Å². The summed E-state index contributed by atoms with van der Waals surface area (Å²) in [5.41, 5.74) is 15.4. The van der Waals surface area contributed by atoms with Crippen molar-refractivity contribution < 1.29 is 0 Å². The summed E-state index contributed by atoms with van der Waals surface area (Å²) < 4.78 is 0. The Morgan fingerprint density at radius 2 is 0.556 bits per heavy atom. The lowest BCUT2D eigenvalue weighted by Crippen LogP contribution is -1.94. The van der Waals surface area contributed by atoms with Crippen LogP contribution in [0, 0.1) is 27.7 Å². The minimum absolute atomic E-state index is 1.26. The smallest absolute Gasteiger partial charge is 0.00923 e. The lowest BCUT2D eigenvalue weighted by molar-refractivity contribution is 1.39. The maximum Gasteiger partial charge on any atom is -0.00923 e. The van der Waals surface area contributed by atoms with E-state index in [1.54, 1.807) is 0 Å². The molecule has 0 radical (unpaired) electrons. The minimum Gasteiger partial charge on any atom is -0.0616 e. The molecule has 54 heavy (non-hydrogen) atoms. The highest BCUT2D eigenvalue weighted by molar-refractivity contribution is 6.24. The fourth-order valence-electron chi connectivity index (χ4n) is 8.95. The third kappa shape index (κ3) is 5.21. The van der Waals surface area contributed by atoms with Crippen molar-refractivity contribution >= 4 is 53.9 Å². The molecule has 0 bridgehead atoms. The van der Waals surface area contributed by atoms with E-state index in [0.717, 1.165) is 0 Å². The second-order valence-electron chi connectivity index (χ2n) is 15.1. The Hall–Kier alpha value is -6.50. The summed E-state index contributed by atoms with van der Waals surface area (Å²) in [6.45, 7) is 9.06. The predicted molar refractivity (Wildman–Crippen MR) is 235 cm³/mol. The van der Waals surface area contributed by atoms with Gasteiger partial charge in [0.05, 0.1) is 0 Å². The van der Waals surface area contributed by atoms with Gasteiger partial charge in [0.15, 0.2) is 0 Å². The monoisotopic (exact) mass is 688 g/mol. The predicted octanol–water partition coefficient (Wildman–Crippen LogP) is 15.4. The van der Waals surface area contributed by atoms with E-state index in [-0.39, 0.29) is 0 Å². The molecule has 0 aliphatic rings. The van der Waals surface area contributed by atoms with Gasteiger partial charge in [-0.05, 0) is 173 Å². The molecule has 0 amide bonds. The topological polar surface area (TPSA) is 0 Å². The molecule has 0 aliphatic carbocycles. The van der Waals surface area contributed by atoms with Crippen LogP contribution in [0.4, 0.5) is 0 Å². The Labute approximate surface area is 317 Å². The van der Waals surface area contributed by atoms with Gasteiger partial charge in [0.1, 0.15) is 0 Å². The van der Waals surface area contributed by atoms with E-state index in [2.05, 4.69) is 198 Å². The van der Waals surface area contributed by atoms with Crippen molar-refractivity contribution in [2.45, 2.75) is 27.7 Å². The van der Waals surface area contributed by atoms with Crippen LogP contribution < -0.4 is 0 Å². The van der Waals surface area contributed by atoms with Gasteiger partial charge in [0, 0.05) is 0 Å². The van der Waals surface area contributed by atoms with E-state index in [1.807, 2.05) is 0 Å². The number of hydrogen-bond acceptors (Lipinski definition) is 0. The van der Waals surface area contributed by atoms with Gasteiger partial charge in [-0.3, -0.25) is 0 Å². The van der Waals surface area contributed by atoms with Crippen LogP contribution in [0.1, 0.15) is 22.3 Å². The van der Waals surface area contributed by atoms with Gasteiger partial charge >= 0.3 is 0 Å². The van der Waals surface area contributed by atoms with E-state index in [0.29, 0.717) is 0 Å². The minimum atomic E-state index is 1.26. The van der Waals surface area contributed by atoms with E-state index in [4.69, 9.17) is 0 Å². The number of rotatable bonds is 4. The Bertz CT molecular complexity index is 2930. The molecule has 0 heterocycles. The van der Waals surface area contributed by atoms with Gasteiger partial charge in [-0.1, -0.05) is 146 Å². The summed E-state index contributed by atoms with van der Waals surface area (Å²) in [4.78, 5) is 0. The van der Waals surface area contributed by atoms with Crippen molar-refractivity contribution in [3.63, 3.8) is 0 Å². The maximum atomic E-state index is 2.46. The van der Waals surface area contributed by atoms with Gasteiger partial charge < -0.3 is 0 Å². The quantitative estimate of drug-likeness (QED) is 0.161. The SMILES string of the molecule is Cc1cc(-c2cc3c4ccccc4c(-c4cc(C)c(-c5ccc6ccccc6c5)cc4C)cc3c3ccccc23)c(C)cc1-c1ccc2ccccc2c1. The molecule has 256 valence electrons. The molecule has 0 saturated heterocycles. The zero-order valence-corrected chi connectivity index (χ0v) is 31.2. The van der Waals surface area contributed by atoms with Crippen LogP contribution in [-0.2, 0) is 0 Å². The molecule has 0 fully saturated rings. The fraction of sp³-hybridized carbons (Fsp3) is 0.0741. The van der Waals surface area contributed by atoms with Crippen molar-refractivity contribution in [3.8, 4) is 44.5 Å². The molecule has 0 heteroatoms. The van der Waals surface area contributed by atoms with Crippen LogP contribution in [-0.4, -0.2) is 0 Å². The van der Waals surface area contributed by atoms with E-state index in [9.17, 15) is 0 Å². The molecule has 0 atom stereocenters. The molecule has 10 aromatic carbocycles. The van der Waals surface area contributed by atoms with E-state index >= 15 is 0 Å². The highest BCUT2D eigenvalue weighted by Crippen LogP contribution is 2.44. The maximum absolute atomic E-state index is 2.46. The average molecular weight is 689 g/mol. The average Bonchev–Trinajstić information content (AvgIpc) is 3.21. The first-order valence-electron chi connectivity index (χ1n) is 19.0. The third-order valence-corrected chi connectivity index (χ3v) is 11.7. The largest absolute Gasteiger partial charge is 0.0616 e. The summed E-state index contributed by atoms with van der Waals surface area (Å²) >= 11 is 0. The van der Waals surface area contributed by atoms with Crippen molar-refractivity contribution in [1.82, 2.24) is 0 Å². The highest BCUT2D eigenvalue weighted by atomic mass is 14.2. The molecule has 0 unspecified atom stereocenters. The summed E-state index contributed by atoms with van der Waals surface area (Å²) in [6.07, 6.45) is 0. The van der Waals surface area contributed by atoms with Crippen molar-refractivity contribution in [2.75, 3.05) is 0 Å². The van der Waals surface area contributed by atoms with Crippen molar-refractivity contribution in [2.24, 2.45) is 0 Å². The molecule has 0 saturated carbocycles. The molecular weight excluding hydrogens is 649 g/mol. The number of aryl methyl sites for hydroxylation is 4. The zero-order chi connectivity index (χ0) is 36.5. The van der Waals surface area contributed by atoms with Crippen LogP contribution in [0.3, 0.4) is 0 Å². The molecule has 10 rings (SSSR count). The Morgan fingerprint density at radius 3 is 0.981 bits per heavy atom. The van der Waals surface area contributed by atoms with Gasteiger partial charge in [-0.25, -0.2) is 0 Å². The Kier molecular flexibility index (Phi) is 7.49. The third-order valence-electron chi connectivity index (χ3n) is 11.7. The summed E-state index contributed by atoms with van der Waals surface area (Å²) in [7, 11) is 0. The first-order valence-corrected chi connectivity index (χ1v) is 19.0. The van der Waals surface area contributed by atoms with Gasteiger partial charge in [0.25, 0.3) is 0 Å². The first kappa shape index (κ1) is 32.2. The second-order valence-corrected chi connectivity index (χ2v) is 15.1. The van der Waals surface area contributed by atoms with Crippen LogP contribution in [0.5, 0.6) is 0 Å². The molecule has 10 aromatic rings. The second kappa shape index (κ2) is 12.6. The summed E-state index contributed by atoms with van der Waals surface area (Å²) in [5, 5.41) is 12.8. The summed E-state index contributed by atoms with van der Waals surface area (Å²) in [5.74, 6) is 0. The zero-order valence-electron chi connectivity index (χ0n) is 31.2. The summed E-state index contributed by atoms with van der Waals surface area (Å²) in [6, 6.07) is 63.4. The molecule has 0 nitrogen and oxygen atoms in total. The number of hydrogen-bond donors (Lipinski definition) is 0. The molecular formula is C54H40. The van der Waals surface area contributed by atoms with Gasteiger partial charge in [-0.2, -0.15) is 0 Å². The van der Waals surface area contributed by atoms with Crippen LogP contribution in [0.25, 0.3) is 98.4 Å². The molecule has 0 aliphatic heterocycles. The number of benzene rings is 10. The Balaban J connectivity index is 1.15. The normalized spacial score (nSPS) is 11.7. The lowest BCUT2D eigenvalue weighted by atomic mass is 9.84. The molecule has 0 aromatic heterocycles. The van der Waals surface area contributed by atoms with Crippen LogP contribution in [0.15, 0.2) is 170 Å². The van der Waals surface area contributed by atoms with E-state index in [1.165, 1.54) is 121 Å². The lowest BCUT2D eigenvalue weighted by Gasteiger charge is -2.19. The van der Waals surface area contributed by atoms with E-state index < -0.39 is 0 Å². The van der Waals surface area contributed by atoms with Crippen molar-refractivity contribution in [3.05, 3.63) is 192 Å². The molecule has 0 N–H and O–H groups in total. The fourth-order valence-corrected chi connectivity index (χ4v) is 8.95. The number of fused-ring (bicyclic) bond motifs is 7. The standard InChI is InChI=1S/C54H40/c1-33-27-49(35(3)25-47(33)41-23-21-37-13-5-7-15-39(37)29-41)51-31-53-46-20-12-10-18-44(46)52(32-54(53)45-19-11-9-17-43(45)51)50-28-34(2)48(26-36(50)4)42-24-22-38-14-6-8-16-40(38)30-42/h5-32H,1-4H3. The van der Waals surface area contributed by atoms with Gasteiger partial charge in [0.2, 0.25) is 0 Å². The van der Waals surface area contributed by atoms with Crippen LogP contribution in [0.2, 0.25) is 0 Å². The molecule has 0 spiro atoms.